The largest absolute Gasteiger partial charge is 0.480 e. The molecule has 4 rings (SSSR count). The van der Waals surface area contributed by atoms with Gasteiger partial charge in [-0.05, 0) is 65.6 Å². The van der Waals surface area contributed by atoms with Crippen LogP contribution in [0.5, 0.6) is 0 Å². The molecule has 4 N–H and O–H groups in total. The molecule has 1 amide bonds. The lowest BCUT2D eigenvalue weighted by atomic mass is 9.96. The summed E-state index contributed by atoms with van der Waals surface area (Å²) in [5.74, 6) is -2.95. The number of carboxylic acid groups (broad SMARTS) is 1. The molecule has 214 valence electrons. The number of nitrogens with one attached hydrogen (secondary N) is 3. The summed E-state index contributed by atoms with van der Waals surface area (Å²) in [6.45, 7) is 0.347. The van der Waals surface area contributed by atoms with Crippen molar-refractivity contribution in [2.45, 2.75) is 18.4 Å². The highest BCUT2D eigenvalue weighted by Gasteiger charge is 2.24. The Bertz CT molecular complexity index is 1610. The lowest BCUT2D eigenvalue weighted by Gasteiger charge is -2.19. The average molecular weight is 583 g/mol. The van der Waals surface area contributed by atoms with Gasteiger partial charge >= 0.3 is 5.97 Å². The van der Waals surface area contributed by atoms with Crippen molar-refractivity contribution in [1.29, 1.82) is 0 Å². The number of halogens is 2. The molecule has 0 spiro atoms. The molecular weight excluding hydrogens is 554 g/mol. The van der Waals surface area contributed by atoms with Crippen molar-refractivity contribution >= 4 is 27.4 Å². The van der Waals surface area contributed by atoms with Crippen molar-refractivity contribution in [3.63, 3.8) is 0 Å². The molecule has 1 unspecified atom stereocenters. The van der Waals surface area contributed by atoms with Gasteiger partial charge in [-0.3, -0.25) is 4.79 Å². The number of aromatic amines is 1. The lowest BCUT2D eigenvalue weighted by Crippen LogP contribution is -2.42. The molecular formula is C29H28F2N4O5S. The van der Waals surface area contributed by atoms with E-state index in [1.54, 1.807) is 36.7 Å². The number of sulfone groups is 1. The molecule has 1 heterocycles. The molecule has 9 nitrogen and oxygen atoms in total. The summed E-state index contributed by atoms with van der Waals surface area (Å²) in [6.07, 6.45) is 3.99. The predicted molar refractivity (Wildman–Crippen MR) is 150 cm³/mol. The molecule has 1 aromatic heterocycles. The SMILES string of the molecule is CS(=O)(=O)CC[C@H](NC(=O)c1ccc(NCC(c2ccc(F)cc2)c2ncc[nH]2)cc1-c1ccc(F)cc1)C(=O)O. The van der Waals surface area contributed by atoms with Crippen molar-refractivity contribution < 1.29 is 31.9 Å². The molecule has 0 aliphatic rings. The molecule has 0 aliphatic heterocycles. The summed E-state index contributed by atoms with van der Waals surface area (Å²) >= 11 is 0. The molecule has 0 radical (unpaired) electrons. The molecule has 0 aliphatic carbocycles. The summed E-state index contributed by atoms with van der Waals surface area (Å²) in [7, 11) is -3.45. The Balaban J connectivity index is 1.62. The first-order chi connectivity index (χ1) is 19.5. The van der Waals surface area contributed by atoms with E-state index in [0.29, 0.717) is 29.2 Å². The van der Waals surface area contributed by atoms with Crippen LogP contribution in [0.4, 0.5) is 14.5 Å². The normalized spacial score (nSPS) is 12.9. The van der Waals surface area contributed by atoms with Crippen LogP contribution >= 0.6 is 0 Å². The van der Waals surface area contributed by atoms with E-state index in [-0.39, 0.29) is 23.7 Å². The molecule has 3 aromatic carbocycles. The van der Waals surface area contributed by atoms with Gasteiger partial charge < -0.3 is 20.7 Å². The van der Waals surface area contributed by atoms with Crippen molar-refractivity contribution in [3.8, 4) is 11.1 Å². The fourth-order valence-corrected chi connectivity index (χ4v) is 4.97. The second-order valence-electron chi connectivity index (χ2n) is 9.51. The third-order valence-electron chi connectivity index (χ3n) is 6.43. The minimum absolute atomic E-state index is 0.119. The smallest absolute Gasteiger partial charge is 0.326 e. The number of aromatic nitrogens is 2. The number of H-pyrrole nitrogens is 1. The second kappa shape index (κ2) is 12.7. The average Bonchev–Trinajstić information content (AvgIpc) is 3.46. The first-order valence-electron chi connectivity index (χ1n) is 12.6. The number of carbonyl (C=O) groups is 2. The van der Waals surface area contributed by atoms with Gasteiger partial charge in [-0.15, -0.1) is 0 Å². The number of rotatable bonds is 12. The first-order valence-corrected chi connectivity index (χ1v) is 14.7. The van der Waals surface area contributed by atoms with Crippen LogP contribution in [0.1, 0.15) is 34.1 Å². The second-order valence-corrected chi connectivity index (χ2v) is 11.8. The summed E-state index contributed by atoms with van der Waals surface area (Å²) in [4.78, 5) is 32.4. The van der Waals surface area contributed by atoms with Crippen LogP contribution in [0.15, 0.2) is 79.1 Å². The maximum atomic E-state index is 13.7. The molecule has 2 atom stereocenters. The highest BCUT2D eigenvalue weighted by atomic mass is 32.2. The van der Waals surface area contributed by atoms with E-state index in [0.717, 1.165) is 11.8 Å². The third kappa shape index (κ3) is 7.98. The van der Waals surface area contributed by atoms with Crippen molar-refractivity contribution in [2.24, 2.45) is 0 Å². The molecule has 41 heavy (non-hydrogen) atoms. The van der Waals surface area contributed by atoms with Crippen LogP contribution in [0.3, 0.4) is 0 Å². The van der Waals surface area contributed by atoms with E-state index in [1.807, 2.05) is 0 Å². The van der Waals surface area contributed by atoms with E-state index >= 15 is 0 Å². The Morgan fingerprint density at radius 2 is 1.66 bits per heavy atom. The van der Waals surface area contributed by atoms with Crippen molar-refractivity contribution in [3.05, 3.63) is 108 Å². The van der Waals surface area contributed by atoms with Gasteiger partial charge in [-0.1, -0.05) is 24.3 Å². The van der Waals surface area contributed by atoms with Crippen LogP contribution in [0.2, 0.25) is 0 Å². The maximum Gasteiger partial charge on any atom is 0.326 e. The van der Waals surface area contributed by atoms with Crippen LogP contribution < -0.4 is 10.6 Å². The summed E-state index contributed by atoms with van der Waals surface area (Å²) in [6, 6.07) is 14.9. The Labute approximate surface area is 235 Å². The number of imidazole rings is 1. The number of aliphatic carboxylic acids is 1. The van der Waals surface area contributed by atoms with E-state index in [9.17, 15) is 31.9 Å². The lowest BCUT2D eigenvalue weighted by molar-refractivity contribution is -0.139. The fraction of sp³-hybridized carbons (Fsp3) is 0.207. The number of anilines is 1. The van der Waals surface area contributed by atoms with Crippen molar-refractivity contribution in [1.82, 2.24) is 15.3 Å². The first kappa shape index (κ1) is 29.4. The molecule has 0 bridgehead atoms. The van der Waals surface area contributed by atoms with Gasteiger partial charge in [0, 0.05) is 36.4 Å². The Morgan fingerprint density at radius 1 is 1.00 bits per heavy atom. The summed E-state index contributed by atoms with van der Waals surface area (Å²) in [5, 5.41) is 15.3. The van der Waals surface area contributed by atoms with Gasteiger partial charge in [0.1, 0.15) is 33.3 Å². The molecule has 4 aromatic rings. The van der Waals surface area contributed by atoms with Crippen LogP contribution in [0, 0.1) is 11.6 Å². The number of carbonyl (C=O) groups excluding carboxylic acids is 1. The third-order valence-corrected chi connectivity index (χ3v) is 7.41. The van der Waals surface area contributed by atoms with Crippen molar-refractivity contribution in [2.75, 3.05) is 23.9 Å². The van der Waals surface area contributed by atoms with E-state index in [2.05, 4.69) is 20.6 Å². The predicted octanol–water partition coefficient (Wildman–Crippen LogP) is 4.22. The zero-order chi connectivity index (χ0) is 29.6. The van der Waals surface area contributed by atoms with E-state index in [4.69, 9.17) is 0 Å². The number of carboxylic acids is 1. The number of hydrogen-bond donors (Lipinski definition) is 4. The zero-order valence-corrected chi connectivity index (χ0v) is 22.8. The van der Waals surface area contributed by atoms with Crippen LogP contribution in [-0.4, -0.2) is 60.0 Å². The number of hydrogen-bond acceptors (Lipinski definition) is 6. The minimum Gasteiger partial charge on any atom is -0.480 e. The van der Waals surface area contributed by atoms with Crippen LogP contribution in [0.25, 0.3) is 11.1 Å². The Hall–Kier alpha value is -4.58. The van der Waals surface area contributed by atoms with E-state index < -0.39 is 39.3 Å². The topological polar surface area (TPSA) is 141 Å². The van der Waals surface area contributed by atoms with Gasteiger partial charge in [0.15, 0.2) is 0 Å². The van der Waals surface area contributed by atoms with Crippen LogP contribution in [-0.2, 0) is 14.6 Å². The standard InChI is InChI=1S/C29H28F2N4O5S/c1-41(39,40)15-12-26(29(37)38)35-28(36)23-11-10-22(16-24(23)18-2-6-20(30)7-3-18)34-17-25(27-32-13-14-33-27)19-4-8-21(31)9-5-19/h2-11,13-14,16,25-26,34H,12,15,17H2,1H3,(H,32,33)(H,35,36)(H,37,38)/t25?,26-/m0/s1. The quantitative estimate of drug-likeness (QED) is 0.196. The summed E-state index contributed by atoms with van der Waals surface area (Å²) < 4.78 is 50.3. The minimum atomic E-state index is -3.45. The summed E-state index contributed by atoms with van der Waals surface area (Å²) in [5.41, 5.74) is 2.44. The van der Waals surface area contributed by atoms with Gasteiger partial charge in [0.05, 0.1) is 11.7 Å². The highest BCUT2D eigenvalue weighted by Crippen LogP contribution is 2.29. The fourth-order valence-electron chi connectivity index (χ4n) is 4.30. The Kier molecular flexibility index (Phi) is 9.13. The molecule has 0 saturated heterocycles. The molecule has 0 fully saturated rings. The van der Waals surface area contributed by atoms with Gasteiger partial charge in [-0.25, -0.2) is 27.0 Å². The molecule has 0 saturated carbocycles. The number of nitrogens with zero attached hydrogens (tertiary/aromatic N) is 1. The van der Waals surface area contributed by atoms with E-state index in [1.165, 1.54) is 42.5 Å². The number of amides is 1. The monoisotopic (exact) mass is 582 g/mol. The van der Waals surface area contributed by atoms with Gasteiger partial charge in [0.25, 0.3) is 5.91 Å². The molecule has 12 heteroatoms. The number of benzene rings is 3. The highest BCUT2D eigenvalue weighted by molar-refractivity contribution is 7.90. The Morgan fingerprint density at radius 3 is 2.24 bits per heavy atom. The zero-order valence-electron chi connectivity index (χ0n) is 22.0. The maximum absolute atomic E-state index is 13.7. The van der Waals surface area contributed by atoms with Gasteiger partial charge in [0.2, 0.25) is 0 Å². The van der Waals surface area contributed by atoms with Gasteiger partial charge in [-0.2, -0.15) is 0 Å².